The summed E-state index contributed by atoms with van der Waals surface area (Å²) in [6, 6.07) is 0. The van der Waals surface area contributed by atoms with Gasteiger partial charge < -0.3 is 25.6 Å². The van der Waals surface area contributed by atoms with Crippen molar-refractivity contribution >= 4 is 34.6 Å². The first kappa shape index (κ1) is 22.3. The van der Waals surface area contributed by atoms with Gasteiger partial charge in [0.2, 0.25) is 11.9 Å². The molecule has 0 spiro atoms. The van der Waals surface area contributed by atoms with Crippen LogP contribution in [-0.2, 0) is 22.0 Å². The SMILES string of the molecule is C#Cc1cnc(N2CCN(c3nc4c(c(NC5(COC(N)=O)CCC5)n3)[S@@](=O)CC4)CC2)nc1. The number of carbonyl (C=O) groups excluding carboxylic acids is 1. The largest absolute Gasteiger partial charge is 0.447 e. The van der Waals surface area contributed by atoms with Crippen molar-refractivity contribution in [2.75, 3.05) is 53.7 Å². The van der Waals surface area contributed by atoms with Gasteiger partial charge in [-0.1, -0.05) is 5.92 Å². The highest BCUT2D eigenvalue weighted by molar-refractivity contribution is 7.85. The minimum atomic E-state index is -1.16. The van der Waals surface area contributed by atoms with E-state index in [-0.39, 0.29) is 6.61 Å². The van der Waals surface area contributed by atoms with Crippen LogP contribution in [-0.4, -0.2) is 74.3 Å². The molecule has 12 heteroatoms. The number of nitrogens with one attached hydrogen (secondary N) is 1. The summed E-state index contributed by atoms with van der Waals surface area (Å²) >= 11 is 0. The quantitative estimate of drug-likeness (QED) is 0.565. The van der Waals surface area contributed by atoms with Gasteiger partial charge in [0.1, 0.15) is 17.3 Å². The number of hydrogen-bond donors (Lipinski definition) is 2. The summed E-state index contributed by atoms with van der Waals surface area (Å²) in [6.45, 7) is 2.96. The number of primary amides is 1. The number of carbonyl (C=O) groups is 1. The molecule has 1 saturated carbocycles. The number of nitrogens with zero attached hydrogens (tertiary/aromatic N) is 6. The van der Waals surface area contributed by atoms with E-state index in [1.807, 2.05) is 0 Å². The van der Waals surface area contributed by atoms with Crippen molar-refractivity contribution in [2.45, 2.75) is 36.1 Å². The van der Waals surface area contributed by atoms with Crippen LogP contribution in [0.1, 0.15) is 30.5 Å². The van der Waals surface area contributed by atoms with E-state index in [1.54, 1.807) is 12.4 Å². The van der Waals surface area contributed by atoms with Crippen molar-refractivity contribution in [3.8, 4) is 12.3 Å². The van der Waals surface area contributed by atoms with Gasteiger partial charge in [-0.2, -0.15) is 4.98 Å². The maximum atomic E-state index is 12.7. The van der Waals surface area contributed by atoms with E-state index in [1.165, 1.54) is 0 Å². The molecule has 0 radical (unpaired) electrons. The molecule has 2 aromatic heterocycles. The predicted octanol–water partition coefficient (Wildman–Crippen LogP) is 0.668. The second-order valence-electron chi connectivity index (χ2n) is 8.70. The fourth-order valence-corrected chi connectivity index (χ4v) is 5.75. The molecule has 3 aliphatic rings. The first-order valence-electron chi connectivity index (χ1n) is 11.2. The molecular weight excluding hydrogens is 456 g/mol. The number of rotatable bonds is 6. The van der Waals surface area contributed by atoms with E-state index in [9.17, 15) is 9.00 Å². The third-order valence-electron chi connectivity index (χ3n) is 6.51. The number of terminal acetylenes is 1. The van der Waals surface area contributed by atoms with Crippen LogP contribution in [0.25, 0.3) is 0 Å². The molecule has 1 saturated heterocycles. The Hall–Kier alpha value is -3.46. The van der Waals surface area contributed by atoms with Crippen molar-refractivity contribution in [2.24, 2.45) is 5.73 Å². The first-order valence-corrected chi connectivity index (χ1v) is 12.6. The molecule has 5 rings (SSSR count). The number of anilines is 3. The fraction of sp³-hybridized carbons (Fsp3) is 0.500. The van der Waals surface area contributed by atoms with Gasteiger partial charge in [-0.15, -0.1) is 6.42 Å². The van der Waals surface area contributed by atoms with Gasteiger partial charge in [-0.3, -0.25) is 4.21 Å². The summed E-state index contributed by atoms with van der Waals surface area (Å²) in [6.07, 6.45) is 11.2. The Labute approximate surface area is 200 Å². The van der Waals surface area contributed by atoms with Crippen LogP contribution in [0.2, 0.25) is 0 Å². The number of piperazine rings is 1. The zero-order valence-corrected chi connectivity index (χ0v) is 19.5. The van der Waals surface area contributed by atoms with Crippen molar-refractivity contribution in [1.82, 2.24) is 19.9 Å². The highest BCUT2D eigenvalue weighted by Crippen LogP contribution is 2.39. The standard InChI is InChI=1S/C22H26N8O3S/c1-2-15-12-24-20(25-13-15)29-7-9-30(10-8-29)21-26-16-4-11-34(32)17(16)18(27-21)28-22(5-3-6-22)14-33-19(23)31/h1,12-13H,3-11,14H2,(H2,23,31)(H,26,27,28)/t34-/m0/s1. The summed E-state index contributed by atoms with van der Waals surface area (Å²) in [5.41, 5.74) is 6.20. The van der Waals surface area contributed by atoms with Gasteiger partial charge in [0.05, 0.1) is 27.6 Å². The Morgan fingerprint density at radius 2 is 1.85 bits per heavy atom. The Balaban J connectivity index is 1.34. The molecule has 34 heavy (non-hydrogen) atoms. The summed E-state index contributed by atoms with van der Waals surface area (Å²) in [7, 11) is -1.16. The van der Waals surface area contributed by atoms with Crippen LogP contribution in [0.15, 0.2) is 17.3 Å². The highest BCUT2D eigenvalue weighted by Gasteiger charge is 2.41. The van der Waals surface area contributed by atoms with E-state index in [2.05, 4.69) is 31.0 Å². The van der Waals surface area contributed by atoms with E-state index >= 15 is 0 Å². The highest BCUT2D eigenvalue weighted by atomic mass is 32.2. The molecule has 11 nitrogen and oxygen atoms in total. The van der Waals surface area contributed by atoms with Crippen LogP contribution < -0.4 is 20.9 Å². The van der Waals surface area contributed by atoms with Crippen LogP contribution >= 0.6 is 0 Å². The molecule has 4 heterocycles. The Kier molecular flexibility index (Phi) is 5.95. The molecule has 2 fully saturated rings. The molecule has 1 amide bonds. The average molecular weight is 483 g/mol. The summed E-state index contributed by atoms with van der Waals surface area (Å²) in [4.78, 5) is 34.3. The molecule has 1 atom stereocenters. The van der Waals surface area contributed by atoms with Crippen LogP contribution in [0, 0.1) is 12.3 Å². The van der Waals surface area contributed by atoms with E-state index in [4.69, 9.17) is 26.9 Å². The third-order valence-corrected chi connectivity index (χ3v) is 7.97. The Bertz CT molecular complexity index is 1150. The lowest BCUT2D eigenvalue weighted by atomic mass is 9.77. The third kappa shape index (κ3) is 4.35. The minimum absolute atomic E-state index is 0.153. The maximum absolute atomic E-state index is 12.7. The lowest BCUT2D eigenvalue weighted by Crippen LogP contribution is -2.50. The van der Waals surface area contributed by atoms with Crippen molar-refractivity contribution in [1.29, 1.82) is 0 Å². The van der Waals surface area contributed by atoms with Gasteiger partial charge in [0, 0.05) is 50.7 Å². The van der Waals surface area contributed by atoms with Crippen LogP contribution in [0.3, 0.4) is 0 Å². The second kappa shape index (κ2) is 9.06. The van der Waals surface area contributed by atoms with E-state index in [0.29, 0.717) is 66.5 Å². The van der Waals surface area contributed by atoms with Gasteiger partial charge in [-0.25, -0.2) is 19.7 Å². The predicted molar refractivity (Wildman–Crippen MR) is 127 cm³/mol. The van der Waals surface area contributed by atoms with E-state index < -0.39 is 22.4 Å². The molecule has 1 aliphatic carbocycles. The number of aryl methyl sites for hydroxylation is 1. The normalized spacial score (nSPS) is 20.7. The zero-order chi connectivity index (χ0) is 23.7. The molecule has 2 aliphatic heterocycles. The number of nitrogens with two attached hydrogens (primary N) is 1. The monoisotopic (exact) mass is 482 g/mol. The summed E-state index contributed by atoms with van der Waals surface area (Å²) in [5, 5.41) is 3.45. The molecular formula is C22H26N8O3S. The van der Waals surface area contributed by atoms with Gasteiger partial charge in [0.15, 0.2) is 0 Å². The maximum Gasteiger partial charge on any atom is 0.404 e. The lowest BCUT2D eigenvalue weighted by molar-refractivity contribution is 0.101. The smallest absolute Gasteiger partial charge is 0.404 e. The van der Waals surface area contributed by atoms with Crippen LogP contribution in [0.5, 0.6) is 0 Å². The summed E-state index contributed by atoms with van der Waals surface area (Å²) < 4.78 is 17.8. The lowest BCUT2D eigenvalue weighted by Gasteiger charge is -2.42. The van der Waals surface area contributed by atoms with Crippen molar-refractivity contribution in [3.05, 3.63) is 23.7 Å². The second-order valence-corrected chi connectivity index (χ2v) is 10.2. The topological polar surface area (TPSA) is 139 Å². The average Bonchev–Trinajstić information content (AvgIpc) is 3.21. The number of hydrogen-bond acceptors (Lipinski definition) is 10. The number of aromatic nitrogens is 4. The van der Waals surface area contributed by atoms with Crippen LogP contribution in [0.4, 0.5) is 22.5 Å². The summed E-state index contributed by atoms with van der Waals surface area (Å²) in [5.74, 6) is 4.88. The molecule has 0 bridgehead atoms. The number of fused-ring (bicyclic) bond motifs is 1. The van der Waals surface area contributed by atoms with Crippen molar-refractivity contribution in [3.63, 3.8) is 0 Å². The zero-order valence-electron chi connectivity index (χ0n) is 18.7. The molecule has 3 N–H and O–H groups in total. The molecule has 0 unspecified atom stereocenters. The first-order chi connectivity index (χ1) is 16.5. The van der Waals surface area contributed by atoms with Crippen molar-refractivity contribution < 1.29 is 13.7 Å². The van der Waals surface area contributed by atoms with Gasteiger partial charge in [-0.05, 0) is 19.3 Å². The van der Waals surface area contributed by atoms with Gasteiger partial charge in [0.25, 0.3) is 0 Å². The fourth-order valence-electron chi connectivity index (χ4n) is 4.45. The molecule has 0 aromatic carbocycles. The molecule has 178 valence electrons. The van der Waals surface area contributed by atoms with Gasteiger partial charge >= 0.3 is 6.09 Å². The number of amides is 1. The molecule has 2 aromatic rings. The van der Waals surface area contributed by atoms with E-state index in [0.717, 1.165) is 25.0 Å². The Morgan fingerprint density at radius 3 is 2.44 bits per heavy atom. The number of ether oxygens (including phenoxy) is 1. The Morgan fingerprint density at radius 1 is 1.18 bits per heavy atom. The minimum Gasteiger partial charge on any atom is -0.447 e.